The minimum atomic E-state index is 0.115. The summed E-state index contributed by atoms with van der Waals surface area (Å²) in [6.07, 6.45) is 10.6. The molecule has 0 aromatic rings. The van der Waals surface area contributed by atoms with Crippen LogP contribution in [0.25, 0.3) is 0 Å². The lowest BCUT2D eigenvalue weighted by Crippen LogP contribution is -2.49. The highest BCUT2D eigenvalue weighted by Crippen LogP contribution is 2.30. The van der Waals surface area contributed by atoms with Crippen LogP contribution in [0.3, 0.4) is 0 Å². The van der Waals surface area contributed by atoms with Crippen molar-refractivity contribution in [2.75, 3.05) is 6.61 Å². The van der Waals surface area contributed by atoms with E-state index in [0.717, 1.165) is 25.0 Å². The third-order valence-electron chi connectivity index (χ3n) is 5.15. The fourth-order valence-electron chi connectivity index (χ4n) is 3.56. The van der Waals surface area contributed by atoms with Crippen LogP contribution in [-0.4, -0.2) is 24.3 Å². The Bertz CT molecular complexity index is 255. The van der Waals surface area contributed by atoms with Gasteiger partial charge in [0.1, 0.15) is 0 Å². The second kappa shape index (κ2) is 6.38. The molecule has 4 atom stereocenters. The summed E-state index contributed by atoms with van der Waals surface area (Å²) in [5, 5.41) is 3.96. The van der Waals surface area contributed by atoms with Gasteiger partial charge in [0.25, 0.3) is 0 Å². The first kappa shape index (κ1) is 14.3. The van der Waals surface area contributed by atoms with Crippen LogP contribution < -0.4 is 5.32 Å². The third kappa shape index (κ3) is 3.71. The van der Waals surface area contributed by atoms with Crippen LogP contribution in [0.4, 0.5) is 0 Å². The summed E-state index contributed by atoms with van der Waals surface area (Å²) in [5.41, 5.74) is 0.115. The van der Waals surface area contributed by atoms with Crippen molar-refractivity contribution in [3.8, 4) is 0 Å². The van der Waals surface area contributed by atoms with Crippen molar-refractivity contribution in [2.45, 2.75) is 89.8 Å². The molecule has 1 N–H and O–H groups in total. The molecular weight excluding hydrogens is 222 g/mol. The predicted octanol–water partition coefficient (Wildman–Crippen LogP) is 3.89. The van der Waals surface area contributed by atoms with E-state index in [1.807, 2.05) is 0 Å². The second-order valence-electron chi connectivity index (χ2n) is 6.73. The van der Waals surface area contributed by atoms with Gasteiger partial charge < -0.3 is 10.1 Å². The van der Waals surface area contributed by atoms with Crippen LogP contribution in [0, 0.1) is 5.92 Å². The highest BCUT2D eigenvalue weighted by molar-refractivity contribution is 4.88. The van der Waals surface area contributed by atoms with Gasteiger partial charge in [0.05, 0.1) is 5.60 Å². The summed E-state index contributed by atoms with van der Waals surface area (Å²) in [4.78, 5) is 0. The number of hydrogen-bond acceptors (Lipinski definition) is 2. The van der Waals surface area contributed by atoms with Gasteiger partial charge in [-0.05, 0) is 44.9 Å². The summed E-state index contributed by atoms with van der Waals surface area (Å²) in [5.74, 6) is 0.850. The molecule has 4 unspecified atom stereocenters. The van der Waals surface area contributed by atoms with Gasteiger partial charge in [-0.1, -0.05) is 33.1 Å². The summed E-state index contributed by atoms with van der Waals surface area (Å²) in [7, 11) is 0. The van der Waals surface area contributed by atoms with Crippen molar-refractivity contribution in [1.82, 2.24) is 5.32 Å². The van der Waals surface area contributed by atoms with Gasteiger partial charge >= 0.3 is 0 Å². The van der Waals surface area contributed by atoms with Gasteiger partial charge in [0.2, 0.25) is 0 Å². The highest BCUT2D eigenvalue weighted by atomic mass is 16.5. The minimum absolute atomic E-state index is 0.115. The minimum Gasteiger partial charge on any atom is -0.375 e. The molecule has 0 bridgehead atoms. The van der Waals surface area contributed by atoms with Crippen molar-refractivity contribution in [1.29, 1.82) is 0 Å². The molecule has 0 aromatic heterocycles. The summed E-state index contributed by atoms with van der Waals surface area (Å²) in [6.45, 7) is 7.89. The SMILES string of the molecule is CCC1(C)CC(NC2CCCCCC2C)CCO1. The van der Waals surface area contributed by atoms with E-state index in [9.17, 15) is 0 Å². The van der Waals surface area contributed by atoms with Gasteiger partial charge in [-0.2, -0.15) is 0 Å². The zero-order valence-corrected chi connectivity index (χ0v) is 12.5. The summed E-state index contributed by atoms with van der Waals surface area (Å²) in [6, 6.07) is 1.42. The fraction of sp³-hybridized carbons (Fsp3) is 1.00. The Kier molecular flexibility index (Phi) is 5.08. The smallest absolute Gasteiger partial charge is 0.0666 e. The van der Waals surface area contributed by atoms with Crippen LogP contribution in [0.5, 0.6) is 0 Å². The first-order chi connectivity index (χ1) is 8.63. The van der Waals surface area contributed by atoms with Crippen molar-refractivity contribution in [3.05, 3.63) is 0 Å². The lowest BCUT2D eigenvalue weighted by molar-refractivity contribution is -0.0798. The van der Waals surface area contributed by atoms with Crippen LogP contribution in [0.2, 0.25) is 0 Å². The van der Waals surface area contributed by atoms with Gasteiger partial charge in [-0.3, -0.25) is 0 Å². The van der Waals surface area contributed by atoms with E-state index >= 15 is 0 Å². The molecule has 0 spiro atoms. The highest BCUT2D eigenvalue weighted by Gasteiger charge is 2.33. The van der Waals surface area contributed by atoms with E-state index < -0.39 is 0 Å². The lowest BCUT2D eigenvalue weighted by atomic mass is 9.88. The molecule has 106 valence electrons. The average molecular weight is 253 g/mol. The van der Waals surface area contributed by atoms with Gasteiger partial charge in [-0.25, -0.2) is 0 Å². The van der Waals surface area contributed by atoms with E-state index in [0.29, 0.717) is 6.04 Å². The molecule has 2 heteroatoms. The topological polar surface area (TPSA) is 21.3 Å². The monoisotopic (exact) mass is 253 g/mol. The third-order valence-corrected chi connectivity index (χ3v) is 5.15. The first-order valence-corrected chi connectivity index (χ1v) is 8.03. The molecule has 2 aliphatic rings. The molecule has 1 saturated carbocycles. The zero-order chi connectivity index (χ0) is 13.0. The van der Waals surface area contributed by atoms with E-state index in [2.05, 4.69) is 26.1 Å². The average Bonchev–Trinajstić information content (AvgIpc) is 2.55. The maximum atomic E-state index is 5.95. The van der Waals surface area contributed by atoms with Crippen molar-refractivity contribution >= 4 is 0 Å². The van der Waals surface area contributed by atoms with Crippen LogP contribution in [-0.2, 0) is 4.74 Å². The van der Waals surface area contributed by atoms with Crippen LogP contribution in [0.15, 0.2) is 0 Å². The molecule has 1 heterocycles. The Morgan fingerprint density at radius 3 is 2.72 bits per heavy atom. The molecule has 2 fully saturated rings. The maximum absolute atomic E-state index is 5.95. The Labute approximate surface area is 113 Å². The Hall–Kier alpha value is -0.0800. The van der Waals surface area contributed by atoms with Crippen LogP contribution >= 0.6 is 0 Å². The van der Waals surface area contributed by atoms with Crippen molar-refractivity contribution in [2.24, 2.45) is 5.92 Å². The molecule has 0 radical (unpaired) electrons. The predicted molar refractivity (Wildman–Crippen MR) is 76.8 cm³/mol. The van der Waals surface area contributed by atoms with E-state index in [1.54, 1.807) is 0 Å². The molecule has 18 heavy (non-hydrogen) atoms. The quantitative estimate of drug-likeness (QED) is 0.770. The summed E-state index contributed by atoms with van der Waals surface area (Å²) >= 11 is 0. The zero-order valence-electron chi connectivity index (χ0n) is 12.5. The molecule has 1 aliphatic carbocycles. The van der Waals surface area contributed by atoms with E-state index in [4.69, 9.17) is 4.74 Å². The molecule has 2 nitrogen and oxygen atoms in total. The lowest BCUT2D eigenvalue weighted by Gasteiger charge is -2.40. The standard InChI is InChI=1S/C16H31NO/c1-4-16(3)12-14(10-11-18-16)17-15-9-7-5-6-8-13(15)2/h13-15,17H,4-12H2,1-3H3. The van der Waals surface area contributed by atoms with Gasteiger partial charge in [-0.15, -0.1) is 0 Å². The van der Waals surface area contributed by atoms with Gasteiger partial charge in [0.15, 0.2) is 0 Å². The molecule has 1 aliphatic heterocycles. The van der Waals surface area contributed by atoms with Crippen LogP contribution in [0.1, 0.15) is 72.1 Å². The molecule has 1 saturated heterocycles. The normalized spacial score (nSPS) is 42.5. The Morgan fingerprint density at radius 1 is 1.17 bits per heavy atom. The number of ether oxygens (including phenoxy) is 1. The van der Waals surface area contributed by atoms with Crippen molar-refractivity contribution in [3.63, 3.8) is 0 Å². The van der Waals surface area contributed by atoms with E-state index in [1.165, 1.54) is 44.9 Å². The van der Waals surface area contributed by atoms with Gasteiger partial charge in [0, 0.05) is 18.7 Å². The molecule has 2 rings (SSSR count). The largest absolute Gasteiger partial charge is 0.375 e. The molecule has 0 aromatic carbocycles. The Morgan fingerprint density at radius 2 is 1.94 bits per heavy atom. The summed E-state index contributed by atoms with van der Waals surface area (Å²) < 4.78 is 5.95. The first-order valence-electron chi connectivity index (χ1n) is 8.03. The fourth-order valence-corrected chi connectivity index (χ4v) is 3.56. The van der Waals surface area contributed by atoms with Crippen molar-refractivity contribution < 1.29 is 4.74 Å². The maximum Gasteiger partial charge on any atom is 0.0666 e. The molecule has 0 amide bonds. The van der Waals surface area contributed by atoms with E-state index in [-0.39, 0.29) is 5.60 Å². The molecular formula is C16H31NO. The second-order valence-corrected chi connectivity index (χ2v) is 6.73. The number of rotatable bonds is 3. The number of hydrogen-bond donors (Lipinski definition) is 1. The Balaban J connectivity index is 1.87. The number of nitrogens with one attached hydrogen (secondary N) is 1.